The summed E-state index contributed by atoms with van der Waals surface area (Å²) < 4.78 is 5.76. The molecule has 0 amide bonds. The fourth-order valence-corrected chi connectivity index (χ4v) is 7.90. The molecule has 9 aromatic rings. The molecular weight excluding hydrogens is 619 g/mol. The molecule has 0 saturated heterocycles. The Morgan fingerprint density at radius 2 is 0.627 bits per heavy atom. The first kappa shape index (κ1) is 30.4. The van der Waals surface area contributed by atoms with Gasteiger partial charge in [-0.15, -0.1) is 0 Å². The second kappa shape index (κ2) is 12.6. The van der Waals surface area contributed by atoms with Crippen molar-refractivity contribution in [1.82, 2.24) is 0 Å². The van der Waals surface area contributed by atoms with Gasteiger partial charge in [-0.25, -0.2) is 0 Å². The molecule has 51 heavy (non-hydrogen) atoms. The molecule has 0 spiro atoms. The molecule has 0 aliphatic rings. The van der Waals surface area contributed by atoms with Crippen molar-refractivity contribution < 1.29 is 4.74 Å². The Labute approximate surface area is 297 Å². The molecule has 240 valence electrons. The lowest BCUT2D eigenvalue weighted by Crippen LogP contribution is -1.93. The monoisotopic (exact) mass is 651 g/mol. The minimum Gasteiger partial charge on any atom is -0.494 e. The van der Waals surface area contributed by atoms with Gasteiger partial charge in [-0.1, -0.05) is 146 Å². The van der Waals surface area contributed by atoms with Crippen molar-refractivity contribution in [2.75, 3.05) is 6.61 Å². The fourth-order valence-electron chi connectivity index (χ4n) is 7.90. The van der Waals surface area contributed by atoms with E-state index in [9.17, 15) is 5.26 Å². The first-order valence-corrected chi connectivity index (χ1v) is 17.4. The van der Waals surface area contributed by atoms with Crippen LogP contribution >= 0.6 is 0 Å². The Bertz CT molecular complexity index is 2670. The van der Waals surface area contributed by atoms with Crippen molar-refractivity contribution in [3.05, 3.63) is 175 Å². The molecule has 0 aliphatic carbocycles. The summed E-state index contributed by atoms with van der Waals surface area (Å²) in [6, 6.07) is 62.8. The number of ether oxygens (including phenoxy) is 1. The van der Waals surface area contributed by atoms with E-state index in [1.54, 1.807) is 0 Å². The highest BCUT2D eigenvalue weighted by atomic mass is 16.5. The van der Waals surface area contributed by atoms with Gasteiger partial charge < -0.3 is 4.74 Å². The smallest absolute Gasteiger partial charge is 0.119 e. The maximum atomic E-state index is 9.43. The molecule has 9 rings (SSSR count). The summed E-state index contributed by atoms with van der Waals surface area (Å²) in [4.78, 5) is 0. The van der Waals surface area contributed by atoms with E-state index >= 15 is 0 Å². The number of benzene rings is 9. The number of hydrogen-bond acceptors (Lipinski definition) is 2. The third kappa shape index (κ3) is 5.11. The Balaban J connectivity index is 1.24. The van der Waals surface area contributed by atoms with Gasteiger partial charge in [0.25, 0.3) is 0 Å². The van der Waals surface area contributed by atoms with E-state index in [2.05, 4.69) is 164 Å². The predicted molar refractivity (Wildman–Crippen MR) is 214 cm³/mol. The van der Waals surface area contributed by atoms with Crippen molar-refractivity contribution in [2.24, 2.45) is 0 Å². The van der Waals surface area contributed by atoms with Crippen molar-refractivity contribution in [1.29, 1.82) is 5.26 Å². The van der Waals surface area contributed by atoms with Gasteiger partial charge >= 0.3 is 0 Å². The highest BCUT2D eigenvalue weighted by Gasteiger charge is 2.19. The van der Waals surface area contributed by atoms with E-state index in [0.717, 1.165) is 11.3 Å². The maximum Gasteiger partial charge on any atom is 0.119 e. The van der Waals surface area contributed by atoms with E-state index in [1.807, 2.05) is 19.1 Å². The van der Waals surface area contributed by atoms with Gasteiger partial charge in [0.1, 0.15) is 5.75 Å². The molecule has 0 bridgehead atoms. The van der Waals surface area contributed by atoms with Crippen LogP contribution in [0.15, 0.2) is 170 Å². The quantitative estimate of drug-likeness (QED) is 0.168. The van der Waals surface area contributed by atoms with Crippen LogP contribution in [0.5, 0.6) is 5.75 Å². The number of rotatable bonds is 6. The minimum absolute atomic E-state index is 0.648. The Morgan fingerprint density at radius 1 is 0.373 bits per heavy atom. The zero-order chi connectivity index (χ0) is 34.3. The zero-order valence-electron chi connectivity index (χ0n) is 28.2. The van der Waals surface area contributed by atoms with Gasteiger partial charge in [-0.3, -0.25) is 0 Å². The molecular formula is C49H33NO. The first-order chi connectivity index (χ1) is 25.2. The Morgan fingerprint density at radius 3 is 0.882 bits per heavy atom. The van der Waals surface area contributed by atoms with E-state index in [0.29, 0.717) is 12.2 Å². The molecule has 0 aliphatic heterocycles. The predicted octanol–water partition coefficient (Wildman–Crippen LogP) is 13.2. The molecule has 0 heterocycles. The minimum atomic E-state index is 0.648. The van der Waals surface area contributed by atoms with Crippen LogP contribution in [-0.4, -0.2) is 6.61 Å². The first-order valence-electron chi connectivity index (χ1n) is 17.4. The maximum absolute atomic E-state index is 9.43. The molecule has 0 radical (unpaired) electrons. The van der Waals surface area contributed by atoms with Crippen LogP contribution in [0.1, 0.15) is 12.5 Å². The van der Waals surface area contributed by atoms with E-state index < -0.39 is 0 Å². The Kier molecular flexibility index (Phi) is 7.53. The molecule has 0 aromatic heterocycles. The largest absolute Gasteiger partial charge is 0.494 e. The second-order valence-electron chi connectivity index (χ2n) is 12.9. The highest BCUT2D eigenvalue weighted by molar-refractivity contribution is 6.23. The van der Waals surface area contributed by atoms with Crippen molar-refractivity contribution in [3.63, 3.8) is 0 Å². The number of hydrogen-bond donors (Lipinski definition) is 0. The van der Waals surface area contributed by atoms with Crippen LogP contribution in [0.25, 0.3) is 87.6 Å². The lowest BCUT2D eigenvalue weighted by atomic mass is 9.84. The third-order valence-electron chi connectivity index (χ3n) is 10.1. The topological polar surface area (TPSA) is 33.0 Å². The molecule has 0 unspecified atom stereocenters. The van der Waals surface area contributed by atoms with Crippen LogP contribution in [0.4, 0.5) is 0 Å². The lowest BCUT2D eigenvalue weighted by molar-refractivity contribution is 0.340. The van der Waals surface area contributed by atoms with Gasteiger partial charge in [0.05, 0.1) is 18.2 Å². The van der Waals surface area contributed by atoms with Gasteiger partial charge in [-0.05, 0) is 119 Å². The average Bonchev–Trinajstić information content (AvgIpc) is 3.19. The third-order valence-corrected chi connectivity index (χ3v) is 10.1. The molecule has 2 nitrogen and oxygen atoms in total. The number of nitrogens with zero attached hydrogens (tertiary/aromatic N) is 1. The standard InChI is InChI=1S/C49H33NO/c1-2-51-37-29-27-36(28-30-37)49-44-17-9-7-15-42(44)48(43-16-8-10-18-45(43)49)35-25-23-34(24-26-35)47-40-13-5-3-11-38(40)46(39-12-4-6-14-41(39)47)33-21-19-32(31-50)20-22-33/h3-30H,2H2,1H3. The van der Waals surface area contributed by atoms with E-state index in [-0.39, 0.29) is 0 Å². The van der Waals surface area contributed by atoms with Crippen LogP contribution in [0.3, 0.4) is 0 Å². The SMILES string of the molecule is CCOc1ccc(-c2c3ccccc3c(-c3ccc(-c4c5ccccc5c(-c5ccc(C#N)cc5)c5ccccc45)cc3)c3ccccc23)cc1. The van der Waals surface area contributed by atoms with Crippen molar-refractivity contribution in [2.45, 2.75) is 6.92 Å². The fraction of sp³-hybridized carbons (Fsp3) is 0.0408. The molecule has 2 heteroatoms. The molecule has 0 fully saturated rings. The van der Waals surface area contributed by atoms with Gasteiger partial charge in [0, 0.05) is 0 Å². The van der Waals surface area contributed by atoms with E-state index in [4.69, 9.17) is 4.74 Å². The lowest BCUT2D eigenvalue weighted by Gasteiger charge is -2.19. The van der Waals surface area contributed by atoms with Gasteiger partial charge in [-0.2, -0.15) is 5.26 Å². The van der Waals surface area contributed by atoms with Crippen LogP contribution in [-0.2, 0) is 0 Å². The summed E-state index contributed by atoms with van der Waals surface area (Å²) in [5, 5.41) is 19.2. The van der Waals surface area contributed by atoms with Crippen LogP contribution in [0, 0.1) is 11.3 Å². The van der Waals surface area contributed by atoms with E-state index in [1.165, 1.54) is 82.0 Å². The molecule has 0 saturated carbocycles. The van der Waals surface area contributed by atoms with Crippen LogP contribution < -0.4 is 4.74 Å². The summed E-state index contributed by atoms with van der Waals surface area (Å²) in [5.41, 5.74) is 10.2. The number of nitriles is 1. The normalized spacial score (nSPS) is 11.3. The van der Waals surface area contributed by atoms with Crippen molar-refractivity contribution >= 4 is 43.1 Å². The Hall–Kier alpha value is -6.69. The summed E-state index contributed by atoms with van der Waals surface area (Å²) in [7, 11) is 0. The van der Waals surface area contributed by atoms with Crippen LogP contribution in [0.2, 0.25) is 0 Å². The molecule has 0 N–H and O–H groups in total. The summed E-state index contributed by atoms with van der Waals surface area (Å²) in [6.45, 7) is 2.66. The second-order valence-corrected chi connectivity index (χ2v) is 12.9. The average molecular weight is 652 g/mol. The van der Waals surface area contributed by atoms with Gasteiger partial charge in [0.2, 0.25) is 0 Å². The molecule has 9 aromatic carbocycles. The van der Waals surface area contributed by atoms with Crippen molar-refractivity contribution in [3.8, 4) is 56.3 Å². The van der Waals surface area contributed by atoms with Gasteiger partial charge in [0.15, 0.2) is 0 Å². The molecule has 0 atom stereocenters. The highest BCUT2D eigenvalue weighted by Crippen LogP contribution is 2.46. The number of fused-ring (bicyclic) bond motifs is 4. The summed E-state index contributed by atoms with van der Waals surface area (Å²) in [6.07, 6.45) is 0. The summed E-state index contributed by atoms with van der Waals surface area (Å²) >= 11 is 0. The summed E-state index contributed by atoms with van der Waals surface area (Å²) in [5.74, 6) is 0.885. The zero-order valence-corrected chi connectivity index (χ0v) is 28.2.